The summed E-state index contributed by atoms with van der Waals surface area (Å²) in [5.41, 5.74) is 3.44. The van der Waals surface area contributed by atoms with Crippen molar-refractivity contribution >= 4 is 8.07 Å². The summed E-state index contributed by atoms with van der Waals surface area (Å²) in [6.07, 6.45) is 2.46. The molecule has 0 saturated carbocycles. The van der Waals surface area contributed by atoms with E-state index in [2.05, 4.69) is 45.0 Å². The predicted octanol–water partition coefficient (Wildman–Crippen LogP) is 3.71. The molecule has 0 amide bonds. The number of ether oxygens (including phenoxy) is 4. The molecule has 1 rings (SSSR count). The van der Waals surface area contributed by atoms with Crippen LogP contribution in [0, 0.1) is 23.3 Å². The molecule has 0 unspecified atom stereocenters. The molecule has 1 aliphatic heterocycles. The first kappa shape index (κ1) is 21.7. The summed E-state index contributed by atoms with van der Waals surface area (Å²) in [7, 11) is 3.90. The zero-order chi connectivity index (χ0) is 18.3. The second-order valence-corrected chi connectivity index (χ2v) is 12.8. The Labute approximate surface area is 149 Å². The highest BCUT2D eigenvalue weighted by Crippen LogP contribution is 2.32. The molecule has 4 nitrogen and oxygen atoms in total. The van der Waals surface area contributed by atoms with E-state index in [1.54, 1.807) is 21.3 Å². The van der Waals surface area contributed by atoms with E-state index in [1.165, 1.54) is 0 Å². The Kier molecular flexibility index (Phi) is 8.97. The topological polar surface area (TPSA) is 36.9 Å². The third-order valence-corrected chi connectivity index (χ3v) is 5.41. The van der Waals surface area contributed by atoms with Gasteiger partial charge in [-0.3, -0.25) is 0 Å². The molecular weight excluding hydrogens is 320 g/mol. The molecule has 0 N–H and O–H groups in total. The van der Waals surface area contributed by atoms with Crippen LogP contribution >= 0.6 is 0 Å². The second kappa shape index (κ2) is 9.93. The van der Waals surface area contributed by atoms with Crippen molar-refractivity contribution < 1.29 is 18.9 Å². The monoisotopic (exact) mass is 356 g/mol. The highest BCUT2D eigenvalue weighted by Gasteiger charge is 2.41. The number of hydrogen-bond acceptors (Lipinski definition) is 4. The lowest BCUT2D eigenvalue weighted by Gasteiger charge is -2.42. The van der Waals surface area contributed by atoms with Crippen molar-refractivity contribution in [3.05, 3.63) is 0 Å². The van der Waals surface area contributed by atoms with Crippen molar-refractivity contribution in [2.75, 3.05) is 21.3 Å². The molecule has 24 heavy (non-hydrogen) atoms. The Morgan fingerprint density at radius 1 is 1.17 bits per heavy atom. The van der Waals surface area contributed by atoms with E-state index in [9.17, 15) is 0 Å². The van der Waals surface area contributed by atoms with Gasteiger partial charge in [-0.25, -0.2) is 0 Å². The quantitative estimate of drug-likeness (QED) is 0.515. The third-order valence-electron chi connectivity index (χ3n) is 4.48. The summed E-state index contributed by atoms with van der Waals surface area (Å²) < 4.78 is 23.1. The van der Waals surface area contributed by atoms with Gasteiger partial charge in [-0.2, -0.15) is 0 Å². The molecule has 1 saturated heterocycles. The van der Waals surface area contributed by atoms with E-state index in [4.69, 9.17) is 18.9 Å². The van der Waals surface area contributed by atoms with E-state index < -0.39 is 8.07 Å². The minimum absolute atomic E-state index is 0.0104. The van der Waals surface area contributed by atoms with Crippen molar-refractivity contribution in [2.45, 2.75) is 77.4 Å². The van der Waals surface area contributed by atoms with Gasteiger partial charge in [-0.05, 0) is 18.8 Å². The van der Waals surface area contributed by atoms with Gasteiger partial charge in [-0.15, -0.1) is 11.5 Å². The molecule has 0 spiro atoms. The van der Waals surface area contributed by atoms with Gasteiger partial charge in [0.05, 0.1) is 12.2 Å². The Hall–Kier alpha value is -0.383. The molecule has 1 heterocycles. The zero-order valence-corrected chi connectivity index (χ0v) is 17.7. The van der Waals surface area contributed by atoms with Gasteiger partial charge in [0.1, 0.15) is 14.2 Å². The van der Waals surface area contributed by atoms with Crippen molar-refractivity contribution in [1.29, 1.82) is 0 Å². The predicted molar refractivity (Wildman–Crippen MR) is 101 cm³/mol. The van der Waals surface area contributed by atoms with Crippen LogP contribution in [0.15, 0.2) is 0 Å². The molecule has 1 aliphatic rings. The van der Waals surface area contributed by atoms with Crippen LogP contribution in [0.3, 0.4) is 0 Å². The van der Waals surface area contributed by atoms with E-state index in [0.29, 0.717) is 11.8 Å². The average Bonchev–Trinajstić information content (AvgIpc) is 2.51. The van der Waals surface area contributed by atoms with Crippen molar-refractivity contribution in [2.24, 2.45) is 11.8 Å². The zero-order valence-electron chi connectivity index (χ0n) is 16.7. The van der Waals surface area contributed by atoms with Crippen LogP contribution in [0.4, 0.5) is 0 Å². The first-order valence-electron chi connectivity index (χ1n) is 8.95. The fourth-order valence-corrected chi connectivity index (χ4v) is 3.80. The summed E-state index contributed by atoms with van der Waals surface area (Å²) in [4.78, 5) is 0. The van der Waals surface area contributed by atoms with Crippen LogP contribution < -0.4 is 0 Å². The molecule has 0 aromatic rings. The smallest absolute Gasteiger partial charge is 0.160 e. The number of rotatable bonds is 7. The molecule has 5 heteroatoms. The summed E-state index contributed by atoms with van der Waals surface area (Å²) >= 11 is 0. The van der Waals surface area contributed by atoms with Crippen LogP contribution in [-0.4, -0.2) is 54.0 Å². The van der Waals surface area contributed by atoms with Crippen molar-refractivity contribution in [3.8, 4) is 11.5 Å². The van der Waals surface area contributed by atoms with Crippen LogP contribution in [0.5, 0.6) is 0 Å². The highest BCUT2D eigenvalue weighted by atomic mass is 28.3. The molecule has 0 aromatic carbocycles. The number of hydrogen-bond donors (Lipinski definition) is 0. The molecular formula is C19H36O4Si. The van der Waals surface area contributed by atoms with Gasteiger partial charge < -0.3 is 18.9 Å². The highest BCUT2D eigenvalue weighted by molar-refractivity contribution is 6.83. The first-order chi connectivity index (χ1) is 11.2. The Morgan fingerprint density at radius 3 is 2.33 bits per heavy atom. The van der Waals surface area contributed by atoms with Crippen molar-refractivity contribution in [3.63, 3.8) is 0 Å². The minimum Gasteiger partial charge on any atom is -0.379 e. The largest absolute Gasteiger partial charge is 0.379 e. The van der Waals surface area contributed by atoms with Gasteiger partial charge in [0.2, 0.25) is 0 Å². The lowest BCUT2D eigenvalue weighted by atomic mass is 9.89. The molecule has 140 valence electrons. The summed E-state index contributed by atoms with van der Waals surface area (Å²) in [6, 6.07) is 0. The molecule has 0 aromatic heterocycles. The van der Waals surface area contributed by atoms with E-state index in [1.807, 2.05) is 0 Å². The maximum absolute atomic E-state index is 6.16. The fraction of sp³-hybridized carbons (Fsp3) is 0.895. The normalized spacial score (nSPS) is 30.3. The van der Waals surface area contributed by atoms with Crippen LogP contribution in [0.25, 0.3) is 0 Å². The van der Waals surface area contributed by atoms with E-state index >= 15 is 0 Å². The second-order valence-electron chi connectivity index (χ2n) is 8.06. The summed E-state index contributed by atoms with van der Waals surface area (Å²) in [5, 5.41) is 0. The fourth-order valence-electron chi connectivity index (χ4n) is 3.17. The standard InChI is InChI=1S/C19H36O4Si/c1-14(10-9-11-24(6,7)8)12-16(20-3)18-17(21-4)13-15(2)19(22-5)23-18/h14-19H,10,12-13H2,1-8H3/t14-,15+,16-,17-,18+,19-/m0/s1. The Bertz CT molecular complexity index is 423. The molecule has 1 fully saturated rings. The third kappa shape index (κ3) is 6.85. The van der Waals surface area contributed by atoms with Crippen LogP contribution in [-0.2, 0) is 18.9 Å². The molecule has 6 atom stereocenters. The number of methoxy groups -OCH3 is 3. The molecule has 0 radical (unpaired) electrons. The molecule has 0 aliphatic carbocycles. The summed E-state index contributed by atoms with van der Waals surface area (Å²) in [5.74, 6) is 4.14. The lowest BCUT2D eigenvalue weighted by Crippen LogP contribution is -2.51. The average molecular weight is 357 g/mol. The van der Waals surface area contributed by atoms with Crippen LogP contribution in [0.1, 0.15) is 33.1 Å². The maximum atomic E-state index is 6.16. The Morgan fingerprint density at radius 2 is 1.83 bits per heavy atom. The lowest BCUT2D eigenvalue weighted by molar-refractivity contribution is -0.263. The van der Waals surface area contributed by atoms with Gasteiger partial charge in [0.15, 0.2) is 6.29 Å². The van der Waals surface area contributed by atoms with Gasteiger partial charge in [0, 0.05) is 33.7 Å². The summed E-state index contributed by atoms with van der Waals surface area (Å²) in [6.45, 7) is 11.2. The van der Waals surface area contributed by atoms with Crippen LogP contribution in [0.2, 0.25) is 19.6 Å². The van der Waals surface area contributed by atoms with Gasteiger partial charge in [0.25, 0.3) is 0 Å². The Balaban J connectivity index is 2.70. The first-order valence-corrected chi connectivity index (χ1v) is 12.5. The van der Waals surface area contributed by atoms with Gasteiger partial charge >= 0.3 is 0 Å². The van der Waals surface area contributed by atoms with E-state index in [0.717, 1.165) is 19.3 Å². The van der Waals surface area contributed by atoms with Crippen molar-refractivity contribution in [1.82, 2.24) is 0 Å². The minimum atomic E-state index is -1.30. The maximum Gasteiger partial charge on any atom is 0.160 e. The van der Waals surface area contributed by atoms with E-state index in [-0.39, 0.29) is 24.6 Å². The molecule has 0 bridgehead atoms. The SMILES string of the molecule is CO[C@H]1O[C@H]([C@H](C[C@@H](C)CC#C[Si](C)(C)C)OC)[C@@H](OC)C[C@H]1C. The van der Waals surface area contributed by atoms with Gasteiger partial charge in [-0.1, -0.05) is 33.5 Å².